The highest BCUT2D eigenvalue weighted by Gasteiger charge is 2.43. The van der Waals surface area contributed by atoms with Gasteiger partial charge in [0.25, 0.3) is 0 Å². The van der Waals surface area contributed by atoms with Gasteiger partial charge in [0.2, 0.25) is 0 Å². The van der Waals surface area contributed by atoms with E-state index in [1.165, 1.54) is 6.33 Å². The Balaban J connectivity index is 2.10. The molecular weight excluding hydrogens is 276 g/mol. The van der Waals surface area contributed by atoms with E-state index in [4.69, 9.17) is 4.74 Å². The third kappa shape index (κ3) is 2.07. The van der Waals surface area contributed by atoms with Gasteiger partial charge in [-0.15, -0.1) is 0 Å². The van der Waals surface area contributed by atoms with Gasteiger partial charge in [-0.25, -0.2) is 9.97 Å². The molecule has 2 aromatic rings. The largest absolute Gasteiger partial charge is 0.394 e. The number of nitrogens with one attached hydrogen (secondary N) is 1. The molecule has 8 nitrogen and oxygen atoms in total. The molecule has 1 saturated heterocycles. The summed E-state index contributed by atoms with van der Waals surface area (Å²) in [6, 6.07) is 0. The highest BCUT2D eigenvalue weighted by atomic mass is 16.6. The molecule has 0 amide bonds. The van der Waals surface area contributed by atoms with E-state index < -0.39 is 24.5 Å². The van der Waals surface area contributed by atoms with E-state index in [1.54, 1.807) is 17.8 Å². The summed E-state index contributed by atoms with van der Waals surface area (Å²) in [6.07, 6.45) is -0.666. The summed E-state index contributed by atoms with van der Waals surface area (Å²) in [4.78, 5) is 8.41. The van der Waals surface area contributed by atoms with Crippen molar-refractivity contribution in [2.24, 2.45) is 0 Å². The normalized spacial score (nSPS) is 29.2. The molecular formula is C13H18N4O4. The average molecular weight is 294 g/mol. The minimum atomic E-state index is -1.14. The molecule has 0 aliphatic carbocycles. The Morgan fingerprint density at radius 1 is 1.33 bits per heavy atom. The summed E-state index contributed by atoms with van der Waals surface area (Å²) in [6.45, 7) is 1.55. The molecule has 3 heterocycles. The first kappa shape index (κ1) is 14.2. The minimum absolute atomic E-state index is 0.357. The van der Waals surface area contributed by atoms with Gasteiger partial charge in [0, 0.05) is 13.2 Å². The monoisotopic (exact) mass is 294 g/mol. The van der Waals surface area contributed by atoms with Crippen LogP contribution in [-0.2, 0) is 4.74 Å². The molecule has 0 radical (unpaired) electrons. The van der Waals surface area contributed by atoms with E-state index in [0.29, 0.717) is 11.5 Å². The number of aromatic nitrogens is 3. The summed E-state index contributed by atoms with van der Waals surface area (Å²) < 4.78 is 7.21. The van der Waals surface area contributed by atoms with Crippen LogP contribution in [-0.4, -0.2) is 61.8 Å². The zero-order chi connectivity index (χ0) is 15.1. The second-order valence-corrected chi connectivity index (χ2v) is 5.12. The molecule has 4 atom stereocenters. The van der Waals surface area contributed by atoms with E-state index >= 15 is 0 Å². The molecule has 4 N–H and O–H groups in total. The van der Waals surface area contributed by atoms with Crippen LogP contribution in [0.2, 0.25) is 0 Å². The highest BCUT2D eigenvalue weighted by Crippen LogP contribution is 2.34. The topological polar surface area (TPSA) is 113 Å². The van der Waals surface area contributed by atoms with E-state index in [-0.39, 0.29) is 6.61 Å². The second-order valence-electron chi connectivity index (χ2n) is 5.12. The van der Waals surface area contributed by atoms with Crippen molar-refractivity contribution < 1.29 is 20.1 Å². The van der Waals surface area contributed by atoms with Crippen molar-refractivity contribution in [3.8, 4) is 0 Å². The lowest BCUT2D eigenvalue weighted by Gasteiger charge is -2.17. The van der Waals surface area contributed by atoms with Crippen molar-refractivity contribution in [1.29, 1.82) is 0 Å². The SMILES string of the molecule is CNc1ncnc2c1c(C)cn2[C@@H]1O[C@H](CO)[C@@H](O)[C@H]1O. The number of anilines is 1. The first-order chi connectivity index (χ1) is 10.1. The van der Waals surface area contributed by atoms with Crippen LogP contribution < -0.4 is 5.32 Å². The Morgan fingerprint density at radius 2 is 2.10 bits per heavy atom. The second kappa shape index (κ2) is 5.23. The first-order valence-corrected chi connectivity index (χ1v) is 6.70. The van der Waals surface area contributed by atoms with Crippen molar-refractivity contribution >= 4 is 16.9 Å². The number of hydrogen-bond donors (Lipinski definition) is 4. The Hall–Kier alpha value is -1.74. The van der Waals surface area contributed by atoms with Gasteiger partial charge in [0.05, 0.1) is 12.0 Å². The number of nitrogens with zero attached hydrogens (tertiary/aromatic N) is 3. The zero-order valence-corrected chi connectivity index (χ0v) is 11.8. The third-order valence-corrected chi connectivity index (χ3v) is 3.83. The molecule has 0 saturated carbocycles. The van der Waals surface area contributed by atoms with Crippen molar-refractivity contribution in [1.82, 2.24) is 14.5 Å². The molecule has 114 valence electrons. The maximum atomic E-state index is 10.1. The van der Waals surface area contributed by atoms with Gasteiger partial charge in [0.1, 0.15) is 36.1 Å². The summed E-state index contributed by atoms with van der Waals surface area (Å²) in [5, 5.41) is 33.0. The molecule has 0 spiro atoms. The molecule has 2 aromatic heterocycles. The van der Waals surface area contributed by atoms with Crippen LogP contribution in [0.25, 0.3) is 11.0 Å². The highest BCUT2D eigenvalue weighted by molar-refractivity contribution is 5.90. The fourth-order valence-electron chi connectivity index (χ4n) is 2.76. The number of hydrogen-bond acceptors (Lipinski definition) is 7. The van der Waals surface area contributed by atoms with Gasteiger partial charge in [-0.3, -0.25) is 0 Å². The van der Waals surface area contributed by atoms with Crippen LogP contribution in [0.3, 0.4) is 0 Å². The van der Waals surface area contributed by atoms with Crippen LogP contribution in [0.5, 0.6) is 0 Å². The molecule has 8 heteroatoms. The van der Waals surface area contributed by atoms with E-state index in [2.05, 4.69) is 15.3 Å². The van der Waals surface area contributed by atoms with Crippen LogP contribution in [0.4, 0.5) is 5.82 Å². The quantitative estimate of drug-likeness (QED) is 0.597. The van der Waals surface area contributed by atoms with Crippen LogP contribution in [0, 0.1) is 6.92 Å². The fourth-order valence-corrected chi connectivity index (χ4v) is 2.76. The standard InChI is InChI=1S/C13H18N4O4/c1-6-3-17(12-8(6)11(14-2)15-5-16-12)13-10(20)9(19)7(4-18)21-13/h3,5,7,9-10,13,18-20H,4H2,1-2H3,(H,14,15,16)/t7-,9-,10-,13-/m1/s1. The average Bonchev–Trinajstić information content (AvgIpc) is 2.98. The summed E-state index contributed by atoms with van der Waals surface area (Å²) >= 11 is 0. The molecule has 1 fully saturated rings. The van der Waals surface area contributed by atoms with Gasteiger partial charge < -0.3 is 29.9 Å². The van der Waals surface area contributed by atoms with Crippen LogP contribution in [0.15, 0.2) is 12.5 Å². The van der Waals surface area contributed by atoms with Crippen molar-refractivity contribution in [3.05, 3.63) is 18.1 Å². The maximum absolute atomic E-state index is 10.1. The number of rotatable bonds is 3. The van der Waals surface area contributed by atoms with E-state index in [0.717, 1.165) is 10.9 Å². The maximum Gasteiger partial charge on any atom is 0.164 e. The number of aliphatic hydroxyl groups excluding tert-OH is 3. The van der Waals surface area contributed by atoms with Gasteiger partial charge in [-0.2, -0.15) is 0 Å². The number of aliphatic hydroxyl groups is 3. The van der Waals surface area contributed by atoms with Crippen molar-refractivity contribution in [2.45, 2.75) is 31.5 Å². The molecule has 3 rings (SSSR count). The predicted molar refractivity (Wildman–Crippen MR) is 74.8 cm³/mol. The number of aryl methyl sites for hydroxylation is 1. The van der Waals surface area contributed by atoms with Gasteiger partial charge in [0.15, 0.2) is 6.23 Å². The first-order valence-electron chi connectivity index (χ1n) is 6.70. The predicted octanol–water partition coefficient (Wildman–Crippen LogP) is -0.607. The molecule has 0 bridgehead atoms. The van der Waals surface area contributed by atoms with Gasteiger partial charge in [-0.05, 0) is 12.5 Å². The lowest BCUT2D eigenvalue weighted by molar-refractivity contribution is -0.0509. The number of fused-ring (bicyclic) bond motifs is 1. The van der Waals surface area contributed by atoms with Crippen molar-refractivity contribution in [3.63, 3.8) is 0 Å². The van der Waals surface area contributed by atoms with Gasteiger partial charge in [-0.1, -0.05) is 0 Å². The van der Waals surface area contributed by atoms with Gasteiger partial charge >= 0.3 is 0 Å². The molecule has 1 aliphatic heterocycles. The summed E-state index contributed by atoms with van der Waals surface area (Å²) in [7, 11) is 1.77. The van der Waals surface area contributed by atoms with E-state index in [1.807, 2.05) is 6.92 Å². The summed E-state index contributed by atoms with van der Waals surface area (Å²) in [5.41, 5.74) is 1.52. The Kier molecular flexibility index (Phi) is 3.54. The molecule has 21 heavy (non-hydrogen) atoms. The van der Waals surface area contributed by atoms with Crippen LogP contribution in [0.1, 0.15) is 11.8 Å². The number of ether oxygens (including phenoxy) is 1. The fraction of sp³-hybridized carbons (Fsp3) is 0.538. The Bertz CT molecular complexity index is 659. The van der Waals surface area contributed by atoms with E-state index in [9.17, 15) is 15.3 Å². The Morgan fingerprint density at radius 3 is 2.71 bits per heavy atom. The smallest absolute Gasteiger partial charge is 0.164 e. The van der Waals surface area contributed by atoms with Crippen molar-refractivity contribution in [2.75, 3.05) is 19.0 Å². The molecule has 0 aromatic carbocycles. The van der Waals surface area contributed by atoms with Crippen LogP contribution >= 0.6 is 0 Å². The lowest BCUT2D eigenvalue weighted by Crippen LogP contribution is -2.33. The lowest BCUT2D eigenvalue weighted by atomic mass is 10.1. The molecule has 0 unspecified atom stereocenters. The molecule has 1 aliphatic rings. The third-order valence-electron chi connectivity index (χ3n) is 3.83. The Labute approximate surface area is 121 Å². The summed E-state index contributed by atoms with van der Waals surface area (Å²) in [5.74, 6) is 0.683. The minimum Gasteiger partial charge on any atom is -0.394 e. The zero-order valence-electron chi connectivity index (χ0n) is 11.8.